The van der Waals surface area contributed by atoms with Crippen molar-refractivity contribution in [3.63, 3.8) is 0 Å². The van der Waals surface area contributed by atoms with E-state index in [1.807, 2.05) is 25.4 Å². The summed E-state index contributed by atoms with van der Waals surface area (Å²) in [5, 5.41) is 4.13. The van der Waals surface area contributed by atoms with Crippen molar-refractivity contribution in [2.24, 2.45) is 7.05 Å². The van der Waals surface area contributed by atoms with E-state index < -0.39 is 0 Å². The minimum absolute atomic E-state index is 0.401. The average molecular weight is 331 g/mol. The summed E-state index contributed by atoms with van der Waals surface area (Å²) in [6.45, 7) is 0. The van der Waals surface area contributed by atoms with Gasteiger partial charge in [-0.05, 0) is 28.1 Å². The molecule has 20 heavy (non-hydrogen) atoms. The van der Waals surface area contributed by atoms with Crippen molar-refractivity contribution in [1.29, 1.82) is 0 Å². The van der Waals surface area contributed by atoms with Crippen LogP contribution in [0.4, 0.5) is 5.82 Å². The molecule has 0 aliphatic carbocycles. The topological polar surface area (TPSA) is 82.5 Å². The third kappa shape index (κ3) is 2.53. The Morgan fingerprint density at radius 1 is 1.15 bits per heavy atom. The molecule has 0 atom stereocenters. The first-order chi connectivity index (χ1) is 9.61. The van der Waals surface area contributed by atoms with Crippen LogP contribution < -0.4 is 5.73 Å². The highest BCUT2D eigenvalue weighted by Gasteiger charge is 2.09. The summed E-state index contributed by atoms with van der Waals surface area (Å²) in [5.74, 6) is 0.898. The van der Waals surface area contributed by atoms with Crippen LogP contribution in [-0.2, 0) is 7.05 Å². The molecule has 3 aromatic rings. The van der Waals surface area contributed by atoms with Crippen LogP contribution >= 0.6 is 15.9 Å². The molecule has 3 rings (SSSR count). The maximum Gasteiger partial charge on any atom is 0.180 e. The van der Waals surface area contributed by atoms with E-state index in [9.17, 15) is 0 Å². The van der Waals surface area contributed by atoms with Crippen molar-refractivity contribution in [2.75, 3.05) is 5.73 Å². The van der Waals surface area contributed by atoms with Crippen molar-refractivity contribution in [3.8, 4) is 22.8 Å². The first kappa shape index (κ1) is 12.7. The first-order valence-electron chi connectivity index (χ1n) is 5.87. The van der Waals surface area contributed by atoms with Gasteiger partial charge in [-0.1, -0.05) is 0 Å². The second-order valence-electron chi connectivity index (χ2n) is 4.27. The van der Waals surface area contributed by atoms with E-state index in [1.165, 1.54) is 0 Å². The smallest absolute Gasteiger partial charge is 0.180 e. The zero-order chi connectivity index (χ0) is 14.1. The van der Waals surface area contributed by atoms with Crippen molar-refractivity contribution in [2.45, 2.75) is 0 Å². The molecular weight excluding hydrogens is 320 g/mol. The zero-order valence-electron chi connectivity index (χ0n) is 10.7. The molecule has 0 aromatic carbocycles. The highest BCUT2D eigenvalue weighted by molar-refractivity contribution is 9.10. The molecule has 0 fully saturated rings. The van der Waals surface area contributed by atoms with Gasteiger partial charge in [0.1, 0.15) is 11.5 Å². The molecule has 0 bridgehead atoms. The van der Waals surface area contributed by atoms with Crippen molar-refractivity contribution in [3.05, 3.63) is 41.3 Å². The molecule has 0 amide bonds. The number of halogens is 1. The number of nitrogens with two attached hydrogens (primary N) is 1. The SMILES string of the molecule is Cn1cc(-c2cc(N)nc(-c3ccc(Br)cn3)n2)cn1. The lowest BCUT2D eigenvalue weighted by molar-refractivity contribution is 0.768. The van der Waals surface area contributed by atoms with Gasteiger partial charge in [0, 0.05) is 35.5 Å². The van der Waals surface area contributed by atoms with E-state index in [2.05, 4.69) is 36.0 Å². The molecule has 0 aliphatic heterocycles. The molecule has 3 aromatic heterocycles. The van der Waals surface area contributed by atoms with Crippen LogP contribution in [0.25, 0.3) is 22.8 Å². The van der Waals surface area contributed by atoms with Gasteiger partial charge in [-0.25, -0.2) is 9.97 Å². The summed E-state index contributed by atoms with van der Waals surface area (Å²) in [5.41, 5.74) is 8.14. The predicted molar refractivity (Wildman–Crippen MR) is 79.6 cm³/mol. The third-order valence-electron chi connectivity index (χ3n) is 2.70. The molecule has 0 spiro atoms. The quantitative estimate of drug-likeness (QED) is 0.779. The highest BCUT2D eigenvalue weighted by Crippen LogP contribution is 2.22. The van der Waals surface area contributed by atoms with E-state index in [4.69, 9.17) is 5.73 Å². The lowest BCUT2D eigenvalue weighted by atomic mass is 10.2. The van der Waals surface area contributed by atoms with Gasteiger partial charge in [0.25, 0.3) is 0 Å². The van der Waals surface area contributed by atoms with Gasteiger partial charge in [0.2, 0.25) is 0 Å². The van der Waals surface area contributed by atoms with E-state index in [1.54, 1.807) is 23.1 Å². The fourth-order valence-corrected chi connectivity index (χ4v) is 2.02. The largest absolute Gasteiger partial charge is 0.384 e. The Morgan fingerprint density at radius 3 is 2.65 bits per heavy atom. The van der Waals surface area contributed by atoms with E-state index >= 15 is 0 Å². The summed E-state index contributed by atoms with van der Waals surface area (Å²) in [7, 11) is 1.85. The minimum Gasteiger partial charge on any atom is -0.384 e. The first-order valence-corrected chi connectivity index (χ1v) is 6.66. The summed E-state index contributed by atoms with van der Waals surface area (Å²) in [4.78, 5) is 13.0. The number of hydrogen-bond acceptors (Lipinski definition) is 5. The van der Waals surface area contributed by atoms with Gasteiger partial charge in [-0.2, -0.15) is 5.10 Å². The molecule has 7 heteroatoms. The number of aryl methyl sites for hydroxylation is 1. The van der Waals surface area contributed by atoms with Crippen LogP contribution in [0.1, 0.15) is 0 Å². The van der Waals surface area contributed by atoms with Crippen molar-refractivity contribution in [1.82, 2.24) is 24.7 Å². The highest BCUT2D eigenvalue weighted by atomic mass is 79.9. The number of nitrogens with zero attached hydrogens (tertiary/aromatic N) is 5. The number of aromatic nitrogens is 5. The molecule has 6 nitrogen and oxygen atoms in total. The summed E-state index contributed by atoms with van der Waals surface area (Å²) < 4.78 is 2.61. The Kier molecular flexibility index (Phi) is 3.19. The summed E-state index contributed by atoms with van der Waals surface area (Å²) in [6, 6.07) is 5.45. The van der Waals surface area contributed by atoms with Gasteiger partial charge in [0.05, 0.1) is 11.9 Å². The molecule has 3 heterocycles. The second-order valence-corrected chi connectivity index (χ2v) is 5.18. The Hall–Kier alpha value is -2.28. The molecule has 0 radical (unpaired) electrons. The minimum atomic E-state index is 0.401. The normalized spacial score (nSPS) is 10.7. The fraction of sp³-hybridized carbons (Fsp3) is 0.0769. The van der Waals surface area contributed by atoms with Crippen LogP contribution in [-0.4, -0.2) is 24.7 Å². The molecule has 100 valence electrons. The standard InChI is InChI=1S/C13H11BrN6/c1-20-7-8(5-17-20)11-4-12(15)19-13(18-11)10-3-2-9(14)6-16-10/h2-7H,1H3,(H2,15,18,19). The number of nitrogen functional groups attached to an aromatic ring is 1. The van der Waals surface area contributed by atoms with Gasteiger partial charge in [0.15, 0.2) is 5.82 Å². The van der Waals surface area contributed by atoms with E-state index in [0.717, 1.165) is 15.7 Å². The Bertz CT molecular complexity index is 750. The number of pyridine rings is 1. The molecule has 2 N–H and O–H groups in total. The molecule has 0 saturated heterocycles. The summed E-state index contributed by atoms with van der Waals surface area (Å²) >= 11 is 3.35. The number of hydrogen-bond donors (Lipinski definition) is 1. The second kappa shape index (κ2) is 5.01. The molecule has 0 aliphatic rings. The predicted octanol–water partition coefficient (Wildman–Crippen LogP) is 2.28. The number of rotatable bonds is 2. The lowest BCUT2D eigenvalue weighted by Gasteiger charge is -2.04. The number of anilines is 1. The van der Waals surface area contributed by atoms with Crippen LogP contribution in [0.5, 0.6) is 0 Å². The fourth-order valence-electron chi connectivity index (χ4n) is 1.79. The van der Waals surface area contributed by atoms with Crippen LogP contribution in [0, 0.1) is 0 Å². The van der Waals surface area contributed by atoms with Crippen LogP contribution in [0.2, 0.25) is 0 Å². The third-order valence-corrected chi connectivity index (χ3v) is 3.17. The summed E-state index contributed by atoms with van der Waals surface area (Å²) in [6.07, 6.45) is 5.31. The van der Waals surface area contributed by atoms with Gasteiger partial charge < -0.3 is 5.73 Å². The maximum atomic E-state index is 5.86. The molecule has 0 unspecified atom stereocenters. The lowest BCUT2D eigenvalue weighted by Crippen LogP contribution is -1.98. The van der Waals surface area contributed by atoms with Crippen molar-refractivity contribution >= 4 is 21.7 Å². The van der Waals surface area contributed by atoms with Gasteiger partial charge in [-0.3, -0.25) is 9.67 Å². The Balaban J connectivity index is 2.09. The Labute approximate surface area is 123 Å². The Morgan fingerprint density at radius 2 is 2.00 bits per heavy atom. The monoisotopic (exact) mass is 330 g/mol. The van der Waals surface area contributed by atoms with Gasteiger partial charge >= 0.3 is 0 Å². The maximum absolute atomic E-state index is 5.86. The molecular formula is C13H11BrN6. The van der Waals surface area contributed by atoms with E-state index in [-0.39, 0.29) is 0 Å². The van der Waals surface area contributed by atoms with Crippen molar-refractivity contribution < 1.29 is 0 Å². The van der Waals surface area contributed by atoms with Crippen LogP contribution in [0.15, 0.2) is 41.3 Å². The van der Waals surface area contributed by atoms with Crippen LogP contribution in [0.3, 0.4) is 0 Å². The zero-order valence-corrected chi connectivity index (χ0v) is 12.2. The average Bonchev–Trinajstić information content (AvgIpc) is 2.85. The van der Waals surface area contributed by atoms with E-state index in [0.29, 0.717) is 17.3 Å². The molecule has 0 saturated carbocycles. The van der Waals surface area contributed by atoms with Gasteiger partial charge in [-0.15, -0.1) is 0 Å².